The fourth-order valence-electron chi connectivity index (χ4n) is 1.82. The van der Waals surface area contributed by atoms with Gasteiger partial charge in [0.05, 0.1) is 0 Å². The normalized spacial score (nSPS) is 12.8. The molecule has 0 aliphatic rings. The zero-order valence-corrected chi connectivity index (χ0v) is 10.2. The van der Waals surface area contributed by atoms with Crippen molar-refractivity contribution in [2.24, 2.45) is 0 Å². The fourth-order valence-corrected chi connectivity index (χ4v) is 1.82. The smallest absolute Gasteiger partial charge is 0.325 e. The Bertz CT molecular complexity index is 365. The van der Waals surface area contributed by atoms with Gasteiger partial charge in [0.2, 0.25) is 0 Å². The van der Waals surface area contributed by atoms with Crippen LogP contribution in [0.5, 0.6) is 0 Å². The molecule has 0 radical (unpaired) electrons. The maximum absolute atomic E-state index is 11.2. The van der Waals surface area contributed by atoms with Gasteiger partial charge in [0, 0.05) is 6.04 Å². The summed E-state index contributed by atoms with van der Waals surface area (Å²) in [6.07, 6.45) is 0. The van der Waals surface area contributed by atoms with Crippen molar-refractivity contribution in [2.45, 2.75) is 39.8 Å². The molecule has 0 aliphatic carbocycles. The van der Waals surface area contributed by atoms with Crippen LogP contribution in [0.25, 0.3) is 0 Å². The zero-order chi connectivity index (χ0) is 12.3. The van der Waals surface area contributed by atoms with Crippen LogP contribution in [0.4, 0.5) is 0 Å². The van der Waals surface area contributed by atoms with Crippen molar-refractivity contribution >= 4 is 5.97 Å². The monoisotopic (exact) mass is 221 g/mol. The van der Waals surface area contributed by atoms with Gasteiger partial charge in [0.1, 0.15) is 6.04 Å². The molecule has 1 atom stereocenters. The molecule has 1 aromatic rings. The third-order valence-corrected chi connectivity index (χ3v) is 2.32. The highest BCUT2D eigenvalue weighted by Crippen LogP contribution is 2.18. The van der Waals surface area contributed by atoms with E-state index in [1.165, 1.54) is 0 Å². The Labute approximate surface area is 96.5 Å². The van der Waals surface area contributed by atoms with Gasteiger partial charge < -0.3 is 5.11 Å². The summed E-state index contributed by atoms with van der Waals surface area (Å²) >= 11 is 0. The van der Waals surface area contributed by atoms with Gasteiger partial charge >= 0.3 is 5.97 Å². The van der Waals surface area contributed by atoms with Crippen LogP contribution in [0.15, 0.2) is 18.2 Å². The lowest BCUT2D eigenvalue weighted by molar-refractivity contribution is -0.139. The van der Waals surface area contributed by atoms with Crippen LogP contribution < -0.4 is 5.32 Å². The Morgan fingerprint density at radius 3 is 2.06 bits per heavy atom. The Morgan fingerprint density at radius 1 is 1.19 bits per heavy atom. The molecular weight excluding hydrogens is 202 g/mol. The van der Waals surface area contributed by atoms with Crippen LogP contribution in [0.2, 0.25) is 0 Å². The third-order valence-electron chi connectivity index (χ3n) is 2.32. The van der Waals surface area contributed by atoms with E-state index >= 15 is 0 Å². The number of benzene rings is 1. The lowest BCUT2D eigenvalue weighted by Gasteiger charge is -2.18. The number of hydrogen-bond acceptors (Lipinski definition) is 2. The standard InChI is InChI=1S/C13H19NO2/c1-8(2)14-12(13(15)16)11-6-9(3)5-10(4)7-11/h5-8,12,14H,1-4H3,(H,15,16). The predicted octanol–water partition coefficient (Wildman–Crippen LogP) is 2.43. The molecule has 3 nitrogen and oxygen atoms in total. The molecule has 3 heteroatoms. The second-order valence-electron chi connectivity index (χ2n) is 4.51. The fraction of sp³-hybridized carbons (Fsp3) is 0.462. The Hall–Kier alpha value is -1.35. The third kappa shape index (κ3) is 3.35. The van der Waals surface area contributed by atoms with E-state index < -0.39 is 12.0 Å². The molecule has 0 saturated heterocycles. The Morgan fingerprint density at radius 2 is 1.69 bits per heavy atom. The van der Waals surface area contributed by atoms with Crippen molar-refractivity contribution in [3.05, 3.63) is 34.9 Å². The summed E-state index contributed by atoms with van der Waals surface area (Å²) in [6, 6.07) is 5.39. The van der Waals surface area contributed by atoms with E-state index in [0.29, 0.717) is 0 Å². The number of nitrogens with one attached hydrogen (secondary N) is 1. The molecule has 0 aromatic heterocycles. The lowest BCUT2D eigenvalue weighted by Crippen LogP contribution is -2.33. The molecular formula is C13H19NO2. The molecule has 0 heterocycles. The molecule has 0 aliphatic heterocycles. The van der Waals surface area contributed by atoms with E-state index in [1.54, 1.807) is 0 Å². The number of aliphatic carboxylic acids is 1. The molecule has 0 amide bonds. The lowest BCUT2D eigenvalue weighted by atomic mass is 10.0. The summed E-state index contributed by atoms with van der Waals surface area (Å²) in [5.41, 5.74) is 3.00. The zero-order valence-electron chi connectivity index (χ0n) is 10.2. The first-order chi connectivity index (χ1) is 7.40. The van der Waals surface area contributed by atoms with Crippen LogP contribution >= 0.6 is 0 Å². The Balaban J connectivity index is 3.05. The van der Waals surface area contributed by atoms with E-state index in [-0.39, 0.29) is 6.04 Å². The quantitative estimate of drug-likeness (QED) is 0.821. The van der Waals surface area contributed by atoms with Crippen LogP contribution in [0.3, 0.4) is 0 Å². The highest BCUT2D eigenvalue weighted by atomic mass is 16.4. The van der Waals surface area contributed by atoms with Gasteiger partial charge in [-0.2, -0.15) is 0 Å². The number of rotatable bonds is 4. The molecule has 1 unspecified atom stereocenters. The van der Waals surface area contributed by atoms with E-state index in [1.807, 2.05) is 45.9 Å². The molecule has 16 heavy (non-hydrogen) atoms. The van der Waals surface area contributed by atoms with Crippen LogP contribution in [-0.2, 0) is 4.79 Å². The second-order valence-corrected chi connectivity index (χ2v) is 4.51. The summed E-state index contributed by atoms with van der Waals surface area (Å²) in [7, 11) is 0. The van der Waals surface area contributed by atoms with Gasteiger partial charge in [0.15, 0.2) is 0 Å². The average Bonchev–Trinajstić information content (AvgIpc) is 2.11. The first-order valence-corrected chi connectivity index (χ1v) is 5.47. The minimum atomic E-state index is -0.835. The van der Waals surface area contributed by atoms with Crippen molar-refractivity contribution in [3.63, 3.8) is 0 Å². The number of carboxylic acid groups (broad SMARTS) is 1. The van der Waals surface area contributed by atoms with Gasteiger partial charge in [-0.25, -0.2) is 0 Å². The summed E-state index contributed by atoms with van der Waals surface area (Å²) in [5.74, 6) is -0.835. The molecule has 1 aromatic carbocycles. The van der Waals surface area contributed by atoms with Crippen LogP contribution in [0.1, 0.15) is 36.6 Å². The Kier molecular flexibility index (Phi) is 4.07. The van der Waals surface area contributed by atoms with E-state index in [2.05, 4.69) is 5.32 Å². The van der Waals surface area contributed by atoms with Gasteiger partial charge in [-0.05, 0) is 33.3 Å². The van der Waals surface area contributed by atoms with Gasteiger partial charge in [-0.3, -0.25) is 10.1 Å². The highest BCUT2D eigenvalue weighted by Gasteiger charge is 2.20. The molecule has 0 saturated carbocycles. The predicted molar refractivity (Wildman–Crippen MR) is 64.6 cm³/mol. The van der Waals surface area contributed by atoms with Crippen molar-refractivity contribution < 1.29 is 9.90 Å². The highest BCUT2D eigenvalue weighted by molar-refractivity contribution is 5.75. The van der Waals surface area contributed by atoms with Crippen LogP contribution in [-0.4, -0.2) is 17.1 Å². The maximum Gasteiger partial charge on any atom is 0.325 e. The average molecular weight is 221 g/mol. The number of hydrogen-bond donors (Lipinski definition) is 2. The largest absolute Gasteiger partial charge is 0.480 e. The molecule has 1 rings (SSSR count). The molecule has 0 fully saturated rings. The topological polar surface area (TPSA) is 49.3 Å². The number of carboxylic acids is 1. The molecule has 2 N–H and O–H groups in total. The van der Waals surface area contributed by atoms with Gasteiger partial charge in [0.25, 0.3) is 0 Å². The van der Waals surface area contributed by atoms with E-state index in [9.17, 15) is 9.90 Å². The minimum absolute atomic E-state index is 0.141. The summed E-state index contributed by atoms with van der Waals surface area (Å²) in [4.78, 5) is 11.2. The van der Waals surface area contributed by atoms with E-state index in [0.717, 1.165) is 16.7 Å². The van der Waals surface area contributed by atoms with Crippen molar-refractivity contribution in [2.75, 3.05) is 0 Å². The van der Waals surface area contributed by atoms with Crippen LogP contribution in [0, 0.1) is 13.8 Å². The summed E-state index contributed by atoms with van der Waals surface area (Å²) in [6.45, 7) is 7.84. The summed E-state index contributed by atoms with van der Waals surface area (Å²) < 4.78 is 0. The maximum atomic E-state index is 11.2. The second kappa shape index (κ2) is 5.12. The molecule has 0 spiro atoms. The van der Waals surface area contributed by atoms with Crippen molar-refractivity contribution in [1.29, 1.82) is 0 Å². The van der Waals surface area contributed by atoms with Crippen molar-refractivity contribution in [3.8, 4) is 0 Å². The molecule has 0 bridgehead atoms. The molecule has 88 valence electrons. The first-order valence-electron chi connectivity index (χ1n) is 5.47. The van der Waals surface area contributed by atoms with E-state index in [4.69, 9.17) is 0 Å². The minimum Gasteiger partial charge on any atom is -0.480 e. The van der Waals surface area contributed by atoms with Crippen molar-refractivity contribution in [1.82, 2.24) is 5.32 Å². The first kappa shape index (κ1) is 12.7. The SMILES string of the molecule is Cc1cc(C)cc(C(NC(C)C)C(=O)O)c1. The number of aryl methyl sites for hydroxylation is 2. The summed E-state index contributed by atoms with van der Waals surface area (Å²) in [5, 5.41) is 12.2. The van der Waals surface area contributed by atoms with Gasteiger partial charge in [-0.1, -0.05) is 29.3 Å². The van der Waals surface area contributed by atoms with Gasteiger partial charge in [-0.15, -0.1) is 0 Å². The number of carbonyl (C=O) groups is 1.